The molecule has 0 saturated heterocycles. The van der Waals surface area contributed by atoms with Crippen molar-refractivity contribution in [3.8, 4) is 17.2 Å². The smallest absolute Gasteiger partial charge is 0.207 e. The average Bonchev–Trinajstić information content (AvgIpc) is 3.23. The van der Waals surface area contributed by atoms with Crippen LogP contribution in [-0.4, -0.2) is 36.2 Å². The van der Waals surface area contributed by atoms with Crippen molar-refractivity contribution in [3.63, 3.8) is 0 Å². The molecule has 32 heavy (non-hydrogen) atoms. The lowest BCUT2D eigenvalue weighted by Crippen LogP contribution is -2.15. The summed E-state index contributed by atoms with van der Waals surface area (Å²) >= 11 is 1.33. The fraction of sp³-hybridized carbons (Fsp3) is 0.333. The highest BCUT2D eigenvalue weighted by Crippen LogP contribution is 2.28. The molecule has 0 bridgehead atoms. The number of anilines is 2. The Kier molecular flexibility index (Phi) is 8.74. The Bertz CT molecular complexity index is 1020. The number of hydrogen-bond donors (Lipinski definition) is 2. The molecule has 1 aromatic heterocycles. The second kappa shape index (κ2) is 12.0. The SMILES string of the molecule is CCOc1ccc(CCN/C(C)=C/c2nsc(Nc3ccc(OC)cc3)n2)cc1OCC. The summed E-state index contributed by atoms with van der Waals surface area (Å²) in [5.41, 5.74) is 3.14. The summed E-state index contributed by atoms with van der Waals surface area (Å²) < 4.78 is 20.9. The van der Waals surface area contributed by atoms with Crippen LogP contribution in [0, 0.1) is 0 Å². The van der Waals surface area contributed by atoms with E-state index in [2.05, 4.69) is 26.1 Å². The predicted octanol–water partition coefficient (Wildman–Crippen LogP) is 5.28. The second-order valence-corrected chi connectivity index (χ2v) is 7.71. The van der Waals surface area contributed by atoms with Crippen LogP contribution in [0.3, 0.4) is 0 Å². The van der Waals surface area contributed by atoms with Gasteiger partial charge in [0, 0.05) is 35.5 Å². The van der Waals surface area contributed by atoms with E-state index in [1.807, 2.05) is 63.2 Å². The minimum atomic E-state index is 0.611. The van der Waals surface area contributed by atoms with Gasteiger partial charge in [-0.15, -0.1) is 0 Å². The maximum atomic E-state index is 5.71. The average molecular weight is 455 g/mol. The first-order valence-corrected chi connectivity index (χ1v) is 11.4. The van der Waals surface area contributed by atoms with E-state index in [4.69, 9.17) is 14.2 Å². The van der Waals surface area contributed by atoms with Crippen molar-refractivity contribution < 1.29 is 14.2 Å². The van der Waals surface area contributed by atoms with Crippen LogP contribution in [0.4, 0.5) is 10.8 Å². The van der Waals surface area contributed by atoms with Gasteiger partial charge in [-0.1, -0.05) is 6.07 Å². The molecule has 1 heterocycles. The van der Waals surface area contributed by atoms with Gasteiger partial charge in [0.15, 0.2) is 17.3 Å². The number of aromatic nitrogens is 2. The molecule has 0 radical (unpaired) electrons. The first-order chi connectivity index (χ1) is 15.6. The summed E-state index contributed by atoms with van der Waals surface area (Å²) in [5.74, 6) is 3.08. The van der Waals surface area contributed by atoms with Gasteiger partial charge in [0.1, 0.15) is 5.75 Å². The highest BCUT2D eigenvalue weighted by molar-refractivity contribution is 7.09. The van der Waals surface area contributed by atoms with Gasteiger partial charge in [0.25, 0.3) is 0 Å². The molecule has 2 N–H and O–H groups in total. The molecular weight excluding hydrogens is 424 g/mol. The van der Waals surface area contributed by atoms with Crippen molar-refractivity contribution in [1.82, 2.24) is 14.7 Å². The molecule has 0 aliphatic rings. The Balaban J connectivity index is 1.52. The van der Waals surface area contributed by atoms with E-state index in [0.717, 1.165) is 46.7 Å². The number of allylic oxidation sites excluding steroid dienone is 1. The lowest BCUT2D eigenvalue weighted by molar-refractivity contribution is 0.287. The summed E-state index contributed by atoms with van der Waals surface area (Å²) in [6, 6.07) is 13.8. The first kappa shape index (κ1) is 23.4. The molecule has 2 aromatic carbocycles. The maximum absolute atomic E-state index is 5.71. The molecule has 170 valence electrons. The molecule has 0 amide bonds. The van der Waals surface area contributed by atoms with Crippen LogP contribution in [-0.2, 0) is 6.42 Å². The molecule has 0 unspecified atom stereocenters. The first-order valence-electron chi connectivity index (χ1n) is 10.7. The standard InChI is InChI=1S/C24H30N4O3S/c1-5-30-21-12-7-18(16-22(21)31-6-2)13-14-25-17(3)15-23-27-24(32-28-23)26-19-8-10-20(29-4)11-9-19/h7-12,15-16,25H,5-6,13-14H2,1-4H3,(H,26,27,28)/b17-15+. The molecule has 0 fully saturated rings. The van der Waals surface area contributed by atoms with Crippen molar-refractivity contribution in [2.24, 2.45) is 0 Å². The fourth-order valence-corrected chi connectivity index (χ4v) is 3.61. The number of methoxy groups -OCH3 is 1. The van der Waals surface area contributed by atoms with Crippen LogP contribution in [0.2, 0.25) is 0 Å². The molecule has 0 spiro atoms. The third-order valence-corrected chi connectivity index (χ3v) is 5.20. The molecule has 0 aliphatic heterocycles. The Morgan fingerprint density at radius 2 is 1.78 bits per heavy atom. The number of nitrogens with zero attached hydrogens (tertiary/aromatic N) is 2. The second-order valence-electron chi connectivity index (χ2n) is 6.96. The zero-order valence-corrected chi connectivity index (χ0v) is 19.8. The van der Waals surface area contributed by atoms with Gasteiger partial charge in [0.2, 0.25) is 5.13 Å². The zero-order valence-electron chi connectivity index (χ0n) is 19.0. The van der Waals surface area contributed by atoms with E-state index in [0.29, 0.717) is 19.0 Å². The molecule has 3 aromatic rings. The minimum Gasteiger partial charge on any atom is -0.497 e. The van der Waals surface area contributed by atoms with Gasteiger partial charge in [-0.25, -0.2) is 0 Å². The van der Waals surface area contributed by atoms with Gasteiger partial charge < -0.3 is 24.8 Å². The van der Waals surface area contributed by atoms with E-state index >= 15 is 0 Å². The van der Waals surface area contributed by atoms with Crippen LogP contribution in [0.5, 0.6) is 17.2 Å². The molecule has 8 heteroatoms. The van der Waals surface area contributed by atoms with Gasteiger partial charge in [0.05, 0.1) is 20.3 Å². The lowest BCUT2D eigenvalue weighted by atomic mass is 10.1. The Morgan fingerprint density at radius 3 is 2.50 bits per heavy atom. The third-order valence-electron chi connectivity index (χ3n) is 4.55. The molecule has 7 nitrogen and oxygen atoms in total. The predicted molar refractivity (Wildman–Crippen MR) is 130 cm³/mol. The summed E-state index contributed by atoms with van der Waals surface area (Å²) in [6.07, 6.45) is 2.81. The van der Waals surface area contributed by atoms with E-state index in [1.165, 1.54) is 17.1 Å². The van der Waals surface area contributed by atoms with Crippen LogP contribution in [0.15, 0.2) is 48.2 Å². The van der Waals surface area contributed by atoms with E-state index in [9.17, 15) is 0 Å². The number of hydrogen-bond acceptors (Lipinski definition) is 8. The van der Waals surface area contributed by atoms with E-state index in [1.54, 1.807) is 7.11 Å². The van der Waals surface area contributed by atoms with Crippen LogP contribution < -0.4 is 24.8 Å². The van der Waals surface area contributed by atoms with Gasteiger partial charge in [-0.2, -0.15) is 9.36 Å². The largest absolute Gasteiger partial charge is 0.497 e. The monoisotopic (exact) mass is 454 g/mol. The molecule has 0 aliphatic carbocycles. The molecule has 0 atom stereocenters. The topological polar surface area (TPSA) is 77.5 Å². The molecular formula is C24H30N4O3S. The number of ether oxygens (including phenoxy) is 3. The Hall–Kier alpha value is -3.26. The third kappa shape index (κ3) is 6.88. The van der Waals surface area contributed by atoms with Crippen LogP contribution in [0.1, 0.15) is 32.2 Å². The number of benzene rings is 2. The molecule has 0 saturated carbocycles. The van der Waals surface area contributed by atoms with E-state index in [-0.39, 0.29) is 0 Å². The Morgan fingerprint density at radius 1 is 1.03 bits per heavy atom. The highest BCUT2D eigenvalue weighted by Gasteiger charge is 2.07. The lowest BCUT2D eigenvalue weighted by Gasteiger charge is -2.13. The number of nitrogens with one attached hydrogen (secondary N) is 2. The Labute approximate surface area is 193 Å². The van der Waals surface area contributed by atoms with Gasteiger partial charge in [-0.05, 0) is 69.2 Å². The van der Waals surface area contributed by atoms with Gasteiger partial charge >= 0.3 is 0 Å². The zero-order chi connectivity index (χ0) is 22.8. The van der Waals surface area contributed by atoms with E-state index < -0.39 is 0 Å². The van der Waals surface area contributed by atoms with Crippen molar-refractivity contribution in [1.29, 1.82) is 0 Å². The van der Waals surface area contributed by atoms with Crippen molar-refractivity contribution in [3.05, 3.63) is 59.5 Å². The normalized spacial score (nSPS) is 11.2. The van der Waals surface area contributed by atoms with Crippen LogP contribution >= 0.6 is 11.5 Å². The number of rotatable bonds is 12. The summed E-state index contributed by atoms with van der Waals surface area (Å²) in [5, 5.41) is 7.42. The summed E-state index contributed by atoms with van der Waals surface area (Å²) in [7, 11) is 1.65. The fourth-order valence-electron chi connectivity index (χ4n) is 3.04. The quantitative estimate of drug-likeness (QED) is 0.385. The highest BCUT2D eigenvalue weighted by atomic mass is 32.1. The van der Waals surface area contributed by atoms with Crippen molar-refractivity contribution in [2.45, 2.75) is 27.2 Å². The van der Waals surface area contributed by atoms with Crippen molar-refractivity contribution in [2.75, 3.05) is 32.2 Å². The van der Waals surface area contributed by atoms with Crippen molar-refractivity contribution >= 4 is 28.4 Å². The van der Waals surface area contributed by atoms with Gasteiger partial charge in [-0.3, -0.25) is 0 Å². The molecule has 3 rings (SSSR count). The van der Waals surface area contributed by atoms with Crippen LogP contribution in [0.25, 0.3) is 6.08 Å². The minimum absolute atomic E-state index is 0.611. The summed E-state index contributed by atoms with van der Waals surface area (Å²) in [6.45, 7) is 7.98. The summed E-state index contributed by atoms with van der Waals surface area (Å²) in [4.78, 5) is 4.53. The maximum Gasteiger partial charge on any atom is 0.207 e.